The predicted molar refractivity (Wildman–Crippen MR) is 115 cm³/mol. The van der Waals surface area contributed by atoms with Gasteiger partial charge in [0.25, 0.3) is 0 Å². The van der Waals surface area contributed by atoms with Crippen LogP contribution >= 0.6 is 0 Å². The van der Waals surface area contributed by atoms with Gasteiger partial charge in [0.1, 0.15) is 61.7 Å². The Hall–Kier alpha value is -0.640. The molecule has 1 fully saturated rings. The standard InChI is InChI=1S/C20H40O16/c1-30-8-10(3-21)33-19(12(27)5-23)36-18-14(7-25)34-20(16(29)15(18)28)35-17(11(26)4-22)13(6-24)32-9-31-2/h10-29H,3-9H2,1-2H3/t10?,11-,12-,13?,14?,15-,16?,17+,18-,19-,20-/m0/s1. The van der Waals surface area contributed by atoms with E-state index in [-0.39, 0.29) is 13.4 Å². The molecule has 0 bridgehead atoms. The number of aliphatic hydroxyl groups is 9. The Morgan fingerprint density at radius 1 is 0.806 bits per heavy atom. The summed E-state index contributed by atoms with van der Waals surface area (Å²) in [7, 11) is 2.65. The minimum atomic E-state index is -1.87. The summed E-state index contributed by atoms with van der Waals surface area (Å²) >= 11 is 0. The monoisotopic (exact) mass is 536 g/mol. The molecule has 0 amide bonds. The topological polar surface area (TPSA) is 247 Å². The summed E-state index contributed by atoms with van der Waals surface area (Å²) in [6.07, 6.45) is -16.9. The molecule has 4 unspecified atom stereocenters. The van der Waals surface area contributed by atoms with E-state index in [4.69, 9.17) is 33.2 Å². The third kappa shape index (κ3) is 9.59. The molecule has 1 saturated heterocycles. The van der Waals surface area contributed by atoms with Crippen molar-refractivity contribution < 1.29 is 79.1 Å². The van der Waals surface area contributed by atoms with Gasteiger partial charge in [-0.1, -0.05) is 0 Å². The molecule has 36 heavy (non-hydrogen) atoms. The van der Waals surface area contributed by atoms with E-state index in [9.17, 15) is 46.0 Å². The predicted octanol–water partition coefficient (Wildman–Crippen LogP) is -5.77. The Balaban J connectivity index is 3.07. The van der Waals surface area contributed by atoms with Crippen LogP contribution in [-0.4, -0.2) is 174 Å². The van der Waals surface area contributed by atoms with Crippen LogP contribution in [0.2, 0.25) is 0 Å². The number of ether oxygens (including phenoxy) is 7. The quantitative estimate of drug-likeness (QED) is 0.0698. The van der Waals surface area contributed by atoms with E-state index in [0.29, 0.717) is 0 Å². The summed E-state index contributed by atoms with van der Waals surface area (Å²) in [5.74, 6) is 0. The third-order valence-electron chi connectivity index (χ3n) is 5.30. The SMILES string of the molecule is COCOC(CO)[C@H](O[C@@H]1OC(CO)[C@H](O[C@H](OC(CO)COC)[C@@H](O)CO)[C@@H](O)C1O)[C@@H](O)CO. The Labute approximate surface area is 208 Å². The molecule has 0 spiro atoms. The van der Waals surface area contributed by atoms with Crippen LogP contribution in [0, 0.1) is 0 Å². The number of rotatable bonds is 19. The molecule has 0 aromatic rings. The molecule has 1 rings (SSSR count). The second-order valence-electron chi connectivity index (χ2n) is 7.97. The minimum Gasteiger partial charge on any atom is -0.394 e. The Kier molecular flexibility index (Phi) is 16.5. The van der Waals surface area contributed by atoms with Gasteiger partial charge in [0, 0.05) is 14.2 Å². The molecular weight excluding hydrogens is 496 g/mol. The molecule has 0 aliphatic carbocycles. The van der Waals surface area contributed by atoms with E-state index in [2.05, 4.69) is 0 Å². The highest BCUT2D eigenvalue weighted by atomic mass is 16.7. The van der Waals surface area contributed by atoms with Crippen LogP contribution < -0.4 is 0 Å². The molecule has 16 heteroatoms. The average Bonchev–Trinajstić information content (AvgIpc) is 2.89. The van der Waals surface area contributed by atoms with Crippen LogP contribution in [0.5, 0.6) is 0 Å². The van der Waals surface area contributed by atoms with Crippen molar-refractivity contribution in [2.45, 2.75) is 67.5 Å². The van der Waals surface area contributed by atoms with Gasteiger partial charge in [-0.25, -0.2) is 0 Å². The van der Waals surface area contributed by atoms with Gasteiger partial charge in [0.2, 0.25) is 0 Å². The molecule has 0 saturated carbocycles. The fourth-order valence-electron chi connectivity index (χ4n) is 3.39. The minimum absolute atomic E-state index is 0.105. The zero-order chi connectivity index (χ0) is 27.3. The van der Waals surface area contributed by atoms with Crippen molar-refractivity contribution in [2.24, 2.45) is 0 Å². The van der Waals surface area contributed by atoms with Crippen LogP contribution in [0.4, 0.5) is 0 Å². The van der Waals surface area contributed by atoms with E-state index < -0.39 is 101 Å². The first-order valence-electron chi connectivity index (χ1n) is 11.2. The number of methoxy groups -OCH3 is 2. The van der Waals surface area contributed by atoms with Crippen molar-refractivity contribution in [3.63, 3.8) is 0 Å². The van der Waals surface area contributed by atoms with E-state index in [1.807, 2.05) is 0 Å². The highest BCUT2D eigenvalue weighted by molar-refractivity contribution is 4.92. The fraction of sp³-hybridized carbons (Fsp3) is 1.00. The van der Waals surface area contributed by atoms with Crippen molar-refractivity contribution in [2.75, 3.05) is 60.7 Å². The molecule has 1 aliphatic heterocycles. The summed E-state index contributed by atoms with van der Waals surface area (Å²) in [6, 6.07) is 0. The average molecular weight is 537 g/mol. The summed E-state index contributed by atoms with van der Waals surface area (Å²) in [6.45, 7) is -4.06. The van der Waals surface area contributed by atoms with Crippen LogP contribution in [0.1, 0.15) is 0 Å². The molecule has 0 aromatic carbocycles. The lowest BCUT2D eigenvalue weighted by atomic mass is 9.98. The Bertz CT molecular complexity index is 556. The normalized spacial score (nSPS) is 29.9. The van der Waals surface area contributed by atoms with E-state index in [0.717, 1.165) is 0 Å². The zero-order valence-corrected chi connectivity index (χ0v) is 20.2. The van der Waals surface area contributed by atoms with Gasteiger partial charge >= 0.3 is 0 Å². The first-order chi connectivity index (χ1) is 17.2. The summed E-state index contributed by atoms with van der Waals surface area (Å²) < 4.78 is 36.8. The van der Waals surface area contributed by atoms with Gasteiger partial charge in [0.15, 0.2) is 12.6 Å². The first-order valence-corrected chi connectivity index (χ1v) is 11.2. The van der Waals surface area contributed by atoms with Crippen molar-refractivity contribution in [3.8, 4) is 0 Å². The van der Waals surface area contributed by atoms with Crippen LogP contribution in [0.15, 0.2) is 0 Å². The molecule has 1 aliphatic rings. The maximum Gasteiger partial charge on any atom is 0.187 e. The fourth-order valence-corrected chi connectivity index (χ4v) is 3.39. The Morgan fingerprint density at radius 2 is 1.47 bits per heavy atom. The molecule has 1 heterocycles. The zero-order valence-electron chi connectivity index (χ0n) is 20.2. The van der Waals surface area contributed by atoms with Gasteiger partial charge in [-0.2, -0.15) is 0 Å². The third-order valence-corrected chi connectivity index (χ3v) is 5.30. The van der Waals surface area contributed by atoms with Crippen LogP contribution in [0.3, 0.4) is 0 Å². The van der Waals surface area contributed by atoms with Gasteiger partial charge < -0.3 is 79.1 Å². The maximum absolute atomic E-state index is 10.7. The lowest BCUT2D eigenvalue weighted by molar-refractivity contribution is -0.354. The Morgan fingerprint density at radius 3 is 1.97 bits per heavy atom. The highest BCUT2D eigenvalue weighted by Crippen LogP contribution is 2.28. The molecule has 9 N–H and O–H groups in total. The van der Waals surface area contributed by atoms with Gasteiger partial charge in [-0.3, -0.25) is 0 Å². The molecule has 16 nitrogen and oxygen atoms in total. The molecule has 11 atom stereocenters. The van der Waals surface area contributed by atoms with Crippen molar-refractivity contribution in [1.29, 1.82) is 0 Å². The second kappa shape index (κ2) is 17.8. The van der Waals surface area contributed by atoms with Gasteiger partial charge in [-0.05, 0) is 0 Å². The molecular formula is C20H40O16. The maximum atomic E-state index is 10.7. The highest BCUT2D eigenvalue weighted by Gasteiger charge is 2.49. The van der Waals surface area contributed by atoms with Crippen LogP contribution in [0.25, 0.3) is 0 Å². The lowest BCUT2D eigenvalue weighted by Gasteiger charge is -2.45. The first kappa shape index (κ1) is 33.4. The molecule has 0 aromatic heterocycles. The summed E-state index contributed by atoms with van der Waals surface area (Å²) in [4.78, 5) is 0. The van der Waals surface area contributed by atoms with Crippen molar-refractivity contribution in [3.05, 3.63) is 0 Å². The molecule has 0 radical (unpaired) electrons. The largest absolute Gasteiger partial charge is 0.394 e. The van der Waals surface area contributed by atoms with Crippen molar-refractivity contribution in [1.82, 2.24) is 0 Å². The van der Waals surface area contributed by atoms with Crippen LogP contribution in [-0.2, 0) is 33.2 Å². The number of aliphatic hydroxyl groups excluding tert-OH is 9. The number of hydrogen-bond acceptors (Lipinski definition) is 16. The van der Waals surface area contributed by atoms with Crippen molar-refractivity contribution >= 4 is 0 Å². The van der Waals surface area contributed by atoms with E-state index in [1.165, 1.54) is 14.2 Å². The van der Waals surface area contributed by atoms with E-state index >= 15 is 0 Å². The van der Waals surface area contributed by atoms with Gasteiger partial charge in [0.05, 0.1) is 39.6 Å². The summed E-state index contributed by atoms with van der Waals surface area (Å²) in [5.41, 5.74) is 0. The summed E-state index contributed by atoms with van der Waals surface area (Å²) in [5, 5.41) is 89.2. The lowest BCUT2D eigenvalue weighted by Crippen LogP contribution is -2.63. The smallest absolute Gasteiger partial charge is 0.187 e. The van der Waals surface area contributed by atoms with E-state index in [1.54, 1.807) is 0 Å². The molecule has 216 valence electrons. The van der Waals surface area contributed by atoms with Gasteiger partial charge in [-0.15, -0.1) is 0 Å². The number of hydrogen-bond donors (Lipinski definition) is 9. The second-order valence-corrected chi connectivity index (χ2v) is 7.97.